The van der Waals surface area contributed by atoms with Crippen LogP contribution in [0.2, 0.25) is 0 Å². The van der Waals surface area contributed by atoms with Gasteiger partial charge in [0.25, 0.3) is 0 Å². The highest BCUT2D eigenvalue weighted by Gasteiger charge is 2.25. The SMILES string of the molecule is CCCC1CCC(c2cc(F)c(-c3cc(F)c(O)c(F)c3)c(F)c2)CC1. The normalized spacial score (nSPS) is 20.3. The van der Waals surface area contributed by atoms with E-state index >= 15 is 0 Å². The molecule has 1 aliphatic rings. The summed E-state index contributed by atoms with van der Waals surface area (Å²) >= 11 is 0. The third-order valence-corrected chi connectivity index (χ3v) is 5.39. The van der Waals surface area contributed by atoms with Gasteiger partial charge in [-0.15, -0.1) is 0 Å². The van der Waals surface area contributed by atoms with Crippen molar-refractivity contribution in [2.75, 3.05) is 0 Å². The lowest BCUT2D eigenvalue weighted by Gasteiger charge is -2.29. The minimum absolute atomic E-state index is 0.106. The number of phenolic OH excluding ortho intramolecular Hbond substituents is 1. The van der Waals surface area contributed by atoms with Crippen LogP contribution in [0.25, 0.3) is 11.1 Å². The summed E-state index contributed by atoms with van der Waals surface area (Å²) in [5, 5.41) is 9.15. The highest BCUT2D eigenvalue weighted by Crippen LogP contribution is 2.40. The van der Waals surface area contributed by atoms with Crippen LogP contribution in [0.5, 0.6) is 5.75 Å². The second-order valence-electron chi connectivity index (χ2n) is 7.15. The van der Waals surface area contributed by atoms with Gasteiger partial charge in [0, 0.05) is 0 Å². The molecule has 0 amide bonds. The molecule has 5 heteroatoms. The molecule has 0 aromatic heterocycles. The molecule has 26 heavy (non-hydrogen) atoms. The Morgan fingerprint density at radius 3 is 1.88 bits per heavy atom. The number of phenols is 1. The molecule has 0 unspecified atom stereocenters. The van der Waals surface area contributed by atoms with Crippen molar-refractivity contribution < 1.29 is 22.7 Å². The van der Waals surface area contributed by atoms with Crippen LogP contribution in [0.15, 0.2) is 24.3 Å². The van der Waals surface area contributed by atoms with Crippen molar-refractivity contribution in [1.82, 2.24) is 0 Å². The standard InChI is InChI=1S/C21H22F4O/c1-2-3-12-4-6-13(7-5-12)14-8-16(22)20(17(23)9-14)15-10-18(24)21(26)19(25)11-15/h8-13,26H,2-7H2,1H3. The summed E-state index contributed by atoms with van der Waals surface area (Å²) in [6.07, 6.45) is 6.23. The topological polar surface area (TPSA) is 20.2 Å². The predicted octanol–water partition coefficient (Wildman–Crippen LogP) is 6.69. The molecule has 1 saturated carbocycles. The first-order chi connectivity index (χ1) is 12.4. The summed E-state index contributed by atoms with van der Waals surface area (Å²) in [5.41, 5.74) is -0.157. The summed E-state index contributed by atoms with van der Waals surface area (Å²) in [6.45, 7) is 2.16. The zero-order chi connectivity index (χ0) is 18.8. The molecule has 140 valence electrons. The summed E-state index contributed by atoms with van der Waals surface area (Å²) in [5.74, 6) is -4.56. The zero-order valence-electron chi connectivity index (χ0n) is 14.7. The van der Waals surface area contributed by atoms with Gasteiger partial charge in [-0.2, -0.15) is 0 Å². The Labute approximate surface area is 150 Å². The van der Waals surface area contributed by atoms with Gasteiger partial charge in [0.05, 0.1) is 5.56 Å². The Hall–Kier alpha value is -2.04. The number of hydrogen-bond donors (Lipinski definition) is 1. The molecule has 1 aliphatic carbocycles. The molecule has 0 bridgehead atoms. The minimum atomic E-state index is -1.25. The van der Waals surface area contributed by atoms with Gasteiger partial charge >= 0.3 is 0 Å². The van der Waals surface area contributed by atoms with Crippen molar-refractivity contribution in [2.24, 2.45) is 5.92 Å². The van der Waals surface area contributed by atoms with Crippen LogP contribution in [0, 0.1) is 29.2 Å². The number of benzene rings is 2. The summed E-state index contributed by atoms with van der Waals surface area (Å²) in [7, 11) is 0. The maximum Gasteiger partial charge on any atom is 0.187 e. The Morgan fingerprint density at radius 2 is 1.38 bits per heavy atom. The molecular formula is C21H22F4O. The van der Waals surface area contributed by atoms with Crippen molar-refractivity contribution in [2.45, 2.75) is 51.4 Å². The Bertz CT molecular complexity index is 749. The van der Waals surface area contributed by atoms with E-state index in [-0.39, 0.29) is 11.5 Å². The number of hydrogen-bond acceptors (Lipinski definition) is 1. The van der Waals surface area contributed by atoms with E-state index in [1.54, 1.807) is 0 Å². The van der Waals surface area contributed by atoms with Crippen LogP contribution in [0.3, 0.4) is 0 Å². The van der Waals surface area contributed by atoms with Crippen molar-refractivity contribution in [3.63, 3.8) is 0 Å². The molecule has 0 atom stereocenters. The Morgan fingerprint density at radius 1 is 0.846 bits per heavy atom. The molecule has 1 nitrogen and oxygen atoms in total. The lowest BCUT2D eigenvalue weighted by atomic mass is 9.77. The van der Waals surface area contributed by atoms with Crippen LogP contribution in [-0.2, 0) is 0 Å². The predicted molar refractivity (Wildman–Crippen MR) is 93.0 cm³/mol. The van der Waals surface area contributed by atoms with Gasteiger partial charge in [-0.1, -0.05) is 19.8 Å². The number of rotatable bonds is 4. The molecule has 1 N–H and O–H groups in total. The van der Waals surface area contributed by atoms with Crippen LogP contribution < -0.4 is 0 Å². The van der Waals surface area contributed by atoms with Crippen LogP contribution >= 0.6 is 0 Å². The average molecular weight is 366 g/mol. The summed E-state index contributed by atoms with van der Waals surface area (Å²) < 4.78 is 56.2. The van der Waals surface area contributed by atoms with Gasteiger partial charge in [-0.25, -0.2) is 17.6 Å². The van der Waals surface area contributed by atoms with E-state index in [4.69, 9.17) is 5.11 Å². The maximum atomic E-state index is 14.6. The first kappa shape index (κ1) is 18.7. The van der Waals surface area contributed by atoms with E-state index in [2.05, 4.69) is 6.92 Å². The molecule has 2 aromatic rings. The maximum absolute atomic E-state index is 14.6. The molecule has 2 aromatic carbocycles. The van der Waals surface area contributed by atoms with E-state index < -0.39 is 34.6 Å². The zero-order valence-corrected chi connectivity index (χ0v) is 14.7. The summed E-state index contributed by atoms with van der Waals surface area (Å²) in [4.78, 5) is 0. The van der Waals surface area contributed by atoms with Crippen molar-refractivity contribution in [3.05, 3.63) is 53.1 Å². The smallest absolute Gasteiger partial charge is 0.187 e. The fourth-order valence-corrected chi connectivity index (χ4v) is 4.01. The molecule has 0 spiro atoms. The molecule has 0 saturated heterocycles. The van der Waals surface area contributed by atoms with Crippen molar-refractivity contribution >= 4 is 0 Å². The fourth-order valence-electron chi connectivity index (χ4n) is 4.01. The largest absolute Gasteiger partial charge is 0.503 e. The first-order valence-corrected chi connectivity index (χ1v) is 9.08. The van der Waals surface area contributed by atoms with Crippen LogP contribution in [0.1, 0.15) is 56.9 Å². The Balaban J connectivity index is 1.88. The van der Waals surface area contributed by atoms with Crippen LogP contribution in [-0.4, -0.2) is 5.11 Å². The van der Waals surface area contributed by atoms with Gasteiger partial charge < -0.3 is 5.11 Å². The number of aromatic hydroxyl groups is 1. The molecule has 3 rings (SSSR count). The fraction of sp³-hybridized carbons (Fsp3) is 0.429. The molecule has 0 aliphatic heterocycles. The van der Waals surface area contributed by atoms with Gasteiger partial charge in [0.2, 0.25) is 0 Å². The summed E-state index contributed by atoms with van der Waals surface area (Å²) in [6, 6.07) is 4.00. The van der Waals surface area contributed by atoms with E-state index in [9.17, 15) is 17.6 Å². The third kappa shape index (κ3) is 3.71. The quantitative estimate of drug-likeness (QED) is 0.598. The van der Waals surface area contributed by atoms with Crippen molar-refractivity contribution in [1.29, 1.82) is 0 Å². The van der Waals surface area contributed by atoms with Gasteiger partial charge in [-0.05, 0) is 72.9 Å². The first-order valence-electron chi connectivity index (χ1n) is 9.08. The van der Waals surface area contributed by atoms with E-state index in [1.165, 1.54) is 18.6 Å². The second kappa shape index (κ2) is 7.68. The molecule has 0 heterocycles. The van der Waals surface area contributed by atoms with Gasteiger partial charge in [-0.3, -0.25) is 0 Å². The van der Waals surface area contributed by atoms with Crippen molar-refractivity contribution in [3.8, 4) is 16.9 Å². The average Bonchev–Trinajstić information content (AvgIpc) is 2.60. The highest BCUT2D eigenvalue weighted by atomic mass is 19.1. The molecular weight excluding hydrogens is 344 g/mol. The van der Waals surface area contributed by atoms with Crippen LogP contribution in [0.4, 0.5) is 17.6 Å². The number of halogens is 4. The van der Waals surface area contributed by atoms with E-state index in [0.29, 0.717) is 11.5 Å². The second-order valence-corrected chi connectivity index (χ2v) is 7.15. The highest BCUT2D eigenvalue weighted by molar-refractivity contribution is 5.66. The Kier molecular flexibility index (Phi) is 5.54. The van der Waals surface area contributed by atoms with E-state index in [0.717, 1.165) is 44.2 Å². The molecule has 0 radical (unpaired) electrons. The van der Waals surface area contributed by atoms with E-state index in [1.807, 2.05) is 0 Å². The lowest BCUT2D eigenvalue weighted by molar-refractivity contribution is 0.307. The monoisotopic (exact) mass is 366 g/mol. The molecule has 1 fully saturated rings. The third-order valence-electron chi connectivity index (χ3n) is 5.39. The van der Waals surface area contributed by atoms with Gasteiger partial charge in [0.15, 0.2) is 17.4 Å². The minimum Gasteiger partial charge on any atom is -0.503 e. The lowest BCUT2D eigenvalue weighted by Crippen LogP contribution is -2.13. The van der Waals surface area contributed by atoms with Gasteiger partial charge in [0.1, 0.15) is 11.6 Å².